The molecule has 9 heteroatoms. The van der Waals surface area contributed by atoms with E-state index >= 15 is 0 Å². The molecule has 1 heterocycles. The van der Waals surface area contributed by atoms with E-state index in [0.29, 0.717) is 26.9 Å². The Kier molecular flexibility index (Phi) is 5.61. The van der Waals surface area contributed by atoms with Crippen molar-refractivity contribution >= 4 is 51.3 Å². The summed E-state index contributed by atoms with van der Waals surface area (Å²) in [4.78, 5) is 12.2. The Morgan fingerprint density at radius 3 is 2.85 bits per heavy atom. The van der Waals surface area contributed by atoms with Gasteiger partial charge in [-0.3, -0.25) is 9.89 Å². The van der Waals surface area contributed by atoms with E-state index in [1.54, 1.807) is 36.4 Å². The van der Waals surface area contributed by atoms with E-state index in [2.05, 4.69) is 36.7 Å². The van der Waals surface area contributed by atoms with Crippen LogP contribution in [-0.2, 0) is 0 Å². The number of benzene rings is 2. The second-order valence-electron chi connectivity index (χ2n) is 5.19. The first-order chi connectivity index (χ1) is 12.4. The van der Waals surface area contributed by atoms with Gasteiger partial charge in [-0.2, -0.15) is 10.2 Å². The molecule has 6 nitrogen and oxygen atoms in total. The minimum absolute atomic E-state index is 0.0469. The van der Waals surface area contributed by atoms with Crippen molar-refractivity contribution in [1.29, 1.82) is 0 Å². The molecule has 0 bridgehead atoms. The highest BCUT2D eigenvalue weighted by Gasteiger charge is 2.13. The maximum atomic E-state index is 12.2. The number of aromatic amines is 1. The smallest absolute Gasteiger partial charge is 0.289 e. The number of phenols is 1. The maximum absolute atomic E-state index is 12.2. The number of rotatable bonds is 4. The molecule has 0 atom stereocenters. The molecule has 0 radical (unpaired) electrons. The fourth-order valence-corrected chi connectivity index (χ4v) is 2.88. The first-order valence-electron chi connectivity index (χ1n) is 7.27. The number of hydrogen-bond donors (Lipinski definition) is 3. The Hall–Kier alpha value is -2.35. The summed E-state index contributed by atoms with van der Waals surface area (Å²) in [6.45, 7) is 0. The summed E-state index contributed by atoms with van der Waals surface area (Å²) in [5.41, 5.74) is 4.10. The predicted octanol–water partition coefficient (Wildman–Crippen LogP) is 4.62. The van der Waals surface area contributed by atoms with Crippen LogP contribution in [0.5, 0.6) is 5.75 Å². The SMILES string of the molecule is O=C(N/N=C\c1cc(Br)ccc1O)c1cc(-c2cc(Cl)ccc2Cl)n[nH]1. The van der Waals surface area contributed by atoms with Crippen molar-refractivity contribution in [2.75, 3.05) is 0 Å². The van der Waals surface area contributed by atoms with Crippen molar-refractivity contribution < 1.29 is 9.90 Å². The lowest BCUT2D eigenvalue weighted by Crippen LogP contribution is -2.18. The van der Waals surface area contributed by atoms with Gasteiger partial charge in [0.2, 0.25) is 0 Å². The molecule has 0 unspecified atom stereocenters. The molecular formula is C17H11BrCl2N4O2. The molecule has 1 aromatic heterocycles. The average molecular weight is 454 g/mol. The second-order valence-corrected chi connectivity index (χ2v) is 6.95. The van der Waals surface area contributed by atoms with Gasteiger partial charge in [-0.05, 0) is 42.5 Å². The highest BCUT2D eigenvalue weighted by Crippen LogP contribution is 2.29. The summed E-state index contributed by atoms with van der Waals surface area (Å²) in [5.74, 6) is -0.446. The van der Waals surface area contributed by atoms with E-state index < -0.39 is 5.91 Å². The molecule has 3 N–H and O–H groups in total. The quantitative estimate of drug-likeness (QED) is 0.397. The van der Waals surface area contributed by atoms with Crippen LogP contribution in [-0.4, -0.2) is 27.4 Å². The number of hydrogen-bond acceptors (Lipinski definition) is 4. The first-order valence-corrected chi connectivity index (χ1v) is 8.81. The van der Waals surface area contributed by atoms with Gasteiger partial charge in [-0.1, -0.05) is 39.1 Å². The minimum Gasteiger partial charge on any atom is -0.507 e. The maximum Gasteiger partial charge on any atom is 0.289 e. The molecule has 0 aliphatic rings. The summed E-state index contributed by atoms with van der Waals surface area (Å²) >= 11 is 15.4. The lowest BCUT2D eigenvalue weighted by molar-refractivity contribution is 0.0950. The third-order valence-electron chi connectivity index (χ3n) is 3.39. The third-order valence-corrected chi connectivity index (χ3v) is 4.44. The van der Waals surface area contributed by atoms with Gasteiger partial charge < -0.3 is 5.11 Å². The van der Waals surface area contributed by atoms with Crippen LogP contribution in [0.3, 0.4) is 0 Å². The number of amides is 1. The van der Waals surface area contributed by atoms with Crippen LogP contribution in [0.25, 0.3) is 11.3 Å². The molecule has 0 spiro atoms. The van der Waals surface area contributed by atoms with Gasteiger partial charge in [0.25, 0.3) is 5.91 Å². The molecular weight excluding hydrogens is 443 g/mol. The molecule has 0 fully saturated rings. The van der Waals surface area contributed by atoms with Crippen molar-refractivity contribution in [3.63, 3.8) is 0 Å². The Morgan fingerprint density at radius 1 is 1.23 bits per heavy atom. The van der Waals surface area contributed by atoms with Gasteiger partial charge in [-0.15, -0.1) is 0 Å². The van der Waals surface area contributed by atoms with Crippen LogP contribution in [0.2, 0.25) is 10.0 Å². The van der Waals surface area contributed by atoms with Crippen LogP contribution in [0, 0.1) is 0 Å². The molecule has 1 amide bonds. The van der Waals surface area contributed by atoms with Gasteiger partial charge in [0.1, 0.15) is 11.4 Å². The van der Waals surface area contributed by atoms with Crippen molar-refractivity contribution in [2.45, 2.75) is 0 Å². The van der Waals surface area contributed by atoms with Crippen molar-refractivity contribution in [3.05, 3.63) is 68.2 Å². The van der Waals surface area contributed by atoms with E-state index in [0.717, 1.165) is 4.47 Å². The first kappa shape index (κ1) is 18.4. The Balaban J connectivity index is 1.73. The summed E-state index contributed by atoms with van der Waals surface area (Å²) in [6, 6.07) is 11.4. The van der Waals surface area contributed by atoms with Crippen LogP contribution in [0.1, 0.15) is 16.1 Å². The van der Waals surface area contributed by atoms with Gasteiger partial charge in [0.05, 0.1) is 16.9 Å². The number of halogens is 3. The topological polar surface area (TPSA) is 90.4 Å². The largest absolute Gasteiger partial charge is 0.507 e. The number of H-pyrrole nitrogens is 1. The van der Waals surface area contributed by atoms with Crippen molar-refractivity contribution in [2.24, 2.45) is 5.10 Å². The van der Waals surface area contributed by atoms with Gasteiger partial charge in [0, 0.05) is 20.6 Å². The summed E-state index contributed by atoms with van der Waals surface area (Å²) in [5, 5.41) is 21.2. The van der Waals surface area contributed by atoms with E-state index in [1.807, 2.05) is 0 Å². The lowest BCUT2D eigenvalue weighted by atomic mass is 10.1. The van der Waals surface area contributed by atoms with Crippen LogP contribution >= 0.6 is 39.1 Å². The average Bonchev–Trinajstić information content (AvgIpc) is 3.10. The normalized spacial score (nSPS) is 11.0. The fraction of sp³-hybridized carbons (Fsp3) is 0. The molecule has 3 aromatic rings. The molecule has 0 aliphatic carbocycles. The van der Waals surface area contributed by atoms with Crippen LogP contribution in [0.4, 0.5) is 0 Å². The Bertz CT molecular complexity index is 1000. The molecule has 0 saturated heterocycles. The van der Waals surface area contributed by atoms with Crippen molar-refractivity contribution in [3.8, 4) is 17.0 Å². The molecule has 3 rings (SSSR count). The molecule has 0 saturated carbocycles. The predicted molar refractivity (Wildman–Crippen MR) is 105 cm³/mol. The third kappa shape index (κ3) is 4.24. The zero-order valence-electron chi connectivity index (χ0n) is 13.0. The van der Waals surface area contributed by atoms with E-state index in [1.165, 1.54) is 12.3 Å². The van der Waals surface area contributed by atoms with E-state index in [4.69, 9.17) is 23.2 Å². The minimum atomic E-state index is -0.493. The summed E-state index contributed by atoms with van der Waals surface area (Å²) in [7, 11) is 0. The van der Waals surface area contributed by atoms with E-state index in [9.17, 15) is 9.90 Å². The summed E-state index contributed by atoms with van der Waals surface area (Å²) in [6.07, 6.45) is 1.34. The Morgan fingerprint density at radius 2 is 2.04 bits per heavy atom. The molecule has 0 aliphatic heterocycles. The van der Waals surface area contributed by atoms with Gasteiger partial charge in [0.15, 0.2) is 0 Å². The number of phenolic OH excluding ortho intramolecular Hbond substituents is 1. The highest BCUT2D eigenvalue weighted by atomic mass is 79.9. The molecule has 132 valence electrons. The van der Waals surface area contributed by atoms with Gasteiger partial charge in [-0.25, -0.2) is 5.43 Å². The Labute approximate surface area is 167 Å². The number of nitrogens with zero attached hydrogens (tertiary/aromatic N) is 2. The zero-order chi connectivity index (χ0) is 18.7. The molecule has 26 heavy (non-hydrogen) atoms. The monoisotopic (exact) mass is 452 g/mol. The molecule has 2 aromatic carbocycles. The summed E-state index contributed by atoms with van der Waals surface area (Å²) < 4.78 is 0.777. The zero-order valence-corrected chi connectivity index (χ0v) is 16.1. The lowest BCUT2D eigenvalue weighted by Gasteiger charge is -2.00. The standard InChI is InChI=1S/C17H11BrCl2N4O2/c18-10-1-4-16(25)9(5-10)8-21-24-17(26)15-7-14(22-23-15)12-6-11(19)2-3-13(12)20/h1-8,25H,(H,22,23)(H,24,26)/b21-8-. The second kappa shape index (κ2) is 7.90. The number of aromatic nitrogens is 2. The number of hydrazone groups is 1. The van der Waals surface area contributed by atoms with E-state index in [-0.39, 0.29) is 11.4 Å². The fourth-order valence-electron chi connectivity index (χ4n) is 2.12. The van der Waals surface area contributed by atoms with Crippen LogP contribution < -0.4 is 5.43 Å². The number of carbonyl (C=O) groups is 1. The number of aromatic hydroxyl groups is 1. The van der Waals surface area contributed by atoms with Crippen LogP contribution in [0.15, 0.2) is 52.0 Å². The highest BCUT2D eigenvalue weighted by molar-refractivity contribution is 9.10. The van der Waals surface area contributed by atoms with Crippen molar-refractivity contribution in [1.82, 2.24) is 15.6 Å². The van der Waals surface area contributed by atoms with Gasteiger partial charge >= 0.3 is 0 Å². The number of nitrogens with one attached hydrogen (secondary N) is 2. The number of carbonyl (C=O) groups excluding carboxylic acids is 1.